The van der Waals surface area contributed by atoms with Crippen molar-refractivity contribution in [1.29, 1.82) is 0 Å². The molecule has 30 heavy (non-hydrogen) atoms. The van der Waals surface area contributed by atoms with Crippen molar-refractivity contribution in [3.63, 3.8) is 0 Å². The van der Waals surface area contributed by atoms with Gasteiger partial charge in [-0.1, -0.05) is 0 Å². The van der Waals surface area contributed by atoms with Gasteiger partial charge in [-0.2, -0.15) is 0 Å². The number of rotatable bonds is 5. The Hall–Kier alpha value is -3.68. The van der Waals surface area contributed by atoms with E-state index in [2.05, 4.69) is 0 Å². The molecule has 1 fully saturated rings. The number of carbonyl (C=O) groups excluding carboxylic acids is 2. The molecule has 2 heterocycles. The third kappa shape index (κ3) is 3.41. The van der Waals surface area contributed by atoms with E-state index in [0.29, 0.717) is 35.8 Å². The van der Waals surface area contributed by atoms with Crippen molar-refractivity contribution in [3.05, 3.63) is 69.9 Å². The van der Waals surface area contributed by atoms with Crippen molar-refractivity contribution in [2.24, 2.45) is 0 Å². The maximum Gasteiger partial charge on any atom is 0.282 e. The molecule has 0 unspecified atom stereocenters. The van der Waals surface area contributed by atoms with Crippen molar-refractivity contribution < 1.29 is 19.2 Å². The first-order chi connectivity index (χ1) is 14.5. The summed E-state index contributed by atoms with van der Waals surface area (Å²) in [5.41, 5.74) is 1.53. The number of ether oxygens (including phenoxy) is 1. The van der Waals surface area contributed by atoms with Gasteiger partial charge in [-0.3, -0.25) is 19.7 Å². The molecule has 2 amide bonds. The lowest BCUT2D eigenvalue weighted by Crippen LogP contribution is -2.37. The Labute approximate surface area is 173 Å². The lowest BCUT2D eigenvalue weighted by molar-refractivity contribution is -0.384. The highest BCUT2D eigenvalue weighted by molar-refractivity contribution is 6.45. The fourth-order valence-corrected chi connectivity index (χ4v) is 3.90. The summed E-state index contributed by atoms with van der Waals surface area (Å²) in [6.45, 7) is 1.39. The number of anilines is 1. The topological polar surface area (TPSA) is 93.0 Å². The number of methoxy groups -OCH3 is 1. The molecule has 2 aliphatic rings. The van der Waals surface area contributed by atoms with Crippen molar-refractivity contribution >= 4 is 28.8 Å². The summed E-state index contributed by atoms with van der Waals surface area (Å²) in [5.74, 6) is -0.183. The van der Waals surface area contributed by atoms with Crippen LogP contribution in [0, 0.1) is 10.1 Å². The molecule has 0 aromatic heterocycles. The number of nitro groups is 1. The van der Waals surface area contributed by atoms with E-state index < -0.39 is 10.8 Å². The molecule has 0 aliphatic carbocycles. The number of nitro benzene ring substituents is 1. The van der Waals surface area contributed by atoms with E-state index in [4.69, 9.17) is 4.74 Å². The maximum atomic E-state index is 13.4. The average molecular weight is 407 g/mol. The van der Waals surface area contributed by atoms with Gasteiger partial charge in [-0.15, -0.1) is 0 Å². The number of nitrogens with zero attached hydrogens (tertiary/aromatic N) is 3. The minimum atomic E-state index is -0.491. The zero-order valence-corrected chi connectivity index (χ0v) is 16.5. The van der Waals surface area contributed by atoms with Crippen LogP contribution < -0.4 is 9.64 Å². The highest BCUT2D eigenvalue weighted by atomic mass is 16.6. The number of hydrogen-bond donors (Lipinski definition) is 0. The molecule has 2 aliphatic heterocycles. The number of hydrogen-bond acceptors (Lipinski definition) is 6. The first-order valence-electron chi connectivity index (χ1n) is 9.78. The van der Waals surface area contributed by atoms with Crippen LogP contribution in [0.5, 0.6) is 5.75 Å². The summed E-state index contributed by atoms with van der Waals surface area (Å²) in [6, 6.07) is 12.5. The molecular weight excluding hydrogens is 386 g/mol. The van der Waals surface area contributed by atoms with Crippen LogP contribution in [0.2, 0.25) is 0 Å². The molecule has 2 aromatic rings. The Morgan fingerprint density at radius 1 is 0.900 bits per heavy atom. The monoisotopic (exact) mass is 407 g/mol. The summed E-state index contributed by atoms with van der Waals surface area (Å²) in [6.07, 6.45) is 2.98. The van der Waals surface area contributed by atoms with Gasteiger partial charge in [-0.05, 0) is 61.2 Å². The van der Waals surface area contributed by atoms with E-state index in [1.807, 2.05) is 4.90 Å². The molecule has 0 radical (unpaired) electrons. The molecule has 1 saturated heterocycles. The number of likely N-dealkylation sites (tertiary alicyclic amines) is 1. The zero-order chi connectivity index (χ0) is 21.3. The van der Waals surface area contributed by atoms with Crippen LogP contribution in [-0.4, -0.2) is 41.8 Å². The van der Waals surface area contributed by atoms with Crippen molar-refractivity contribution in [2.45, 2.75) is 19.3 Å². The lowest BCUT2D eigenvalue weighted by Gasteiger charge is -2.29. The van der Waals surface area contributed by atoms with Gasteiger partial charge in [0.15, 0.2) is 0 Å². The fourth-order valence-electron chi connectivity index (χ4n) is 3.90. The summed E-state index contributed by atoms with van der Waals surface area (Å²) < 4.78 is 5.16. The molecule has 0 N–H and O–H groups in total. The molecule has 8 nitrogen and oxygen atoms in total. The van der Waals surface area contributed by atoms with Crippen molar-refractivity contribution in [2.75, 3.05) is 25.1 Å². The Bertz CT molecular complexity index is 1020. The molecule has 0 spiro atoms. The van der Waals surface area contributed by atoms with E-state index >= 15 is 0 Å². The van der Waals surface area contributed by atoms with E-state index in [-0.39, 0.29) is 17.2 Å². The third-order valence-corrected chi connectivity index (χ3v) is 5.43. The van der Waals surface area contributed by atoms with Gasteiger partial charge >= 0.3 is 0 Å². The van der Waals surface area contributed by atoms with Crippen LogP contribution in [0.25, 0.3) is 5.57 Å². The Balaban J connectivity index is 1.78. The minimum absolute atomic E-state index is 0.0670. The third-order valence-electron chi connectivity index (χ3n) is 5.43. The van der Waals surface area contributed by atoms with Crippen LogP contribution in [0.15, 0.2) is 54.2 Å². The standard InChI is InChI=1S/C22H21N3O5/c1-30-18-11-9-16(10-12-18)24-21(26)19(15-5-7-17(8-6-15)25(28)29)20(22(24)27)23-13-3-2-4-14-23/h5-12H,2-4,13-14H2,1H3. The highest BCUT2D eigenvalue weighted by Crippen LogP contribution is 2.36. The largest absolute Gasteiger partial charge is 0.497 e. The molecule has 154 valence electrons. The lowest BCUT2D eigenvalue weighted by atomic mass is 10.0. The molecule has 0 bridgehead atoms. The smallest absolute Gasteiger partial charge is 0.282 e. The first-order valence-corrected chi connectivity index (χ1v) is 9.78. The summed E-state index contributed by atoms with van der Waals surface area (Å²) in [4.78, 5) is 40.4. The zero-order valence-electron chi connectivity index (χ0n) is 16.5. The second-order valence-corrected chi connectivity index (χ2v) is 7.22. The van der Waals surface area contributed by atoms with Gasteiger partial charge in [0.05, 0.1) is 23.3 Å². The van der Waals surface area contributed by atoms with Crippen LogP contribution >= 0.6 is 0 Å². The van der Waals surface area contributed by atoms with Crippen molar-refractivity contribution in [3.8, 4) is 5.75 Å². The van der Waals surface area contributed by atoms with E-state index in [1.165, 1.54) is 29.2 Å². The number of carbonyl (C=O) groups is 2. The van der Waals surface area contributed by atoms with E-state index in [1.54, 1.807) is 31.4 Å². The van der Waals surface area contributed by atoms with Crippen LogP contribution in [-0.2, 0) is 9.59 Å². The number of piperidine rings is 1. The molecular formula is C22H21N3O5. The predicted molar refractivity (Wildman–Crippen MR) is 111 cm³/mol. The van der Waals surface area contributed by atoms with Crippen LogP contribution in [0.1, 0.15) is 24.8 Å². The summed E-state index contributed by atoms with van der Waals surface area (Å²) >= 11 is 0. The van der Waals surface area contributed by atoms with Crippen LogP contribution in [0.3, 0.4) is 0 Å². The van der Waals surface area contributed by atoms with E-state index in [9.17, 15) is 19.7 Å². The number of amides is 2. The second-order valence-electron chi connectivity index (χ2n) is 7.22. The number of benzene rings is 2. The molecule has 0 atom stereocenters. The minimum Gasteiger partial charge on any atom is -0.497 e. The molecule has 4 rings (SSSR count). The first kappa shape index (κ1) is 19.6. The molecule has 2 aromatic carbocycles. The van der Waals surface area contributed by atoms with Crippen LogP contribution in [0.4, 0.5) is 11.4 Å². The van der Waals surface area contributed by atoms with E-state index in [0.717, 1.165) is 19.3 Å². The van der Waals surface area contributed by atoms with Gasteiger partial charge < -0.3 is 9.64 Å². The quantitative estimate of drug-likeness (QED) is 0.429. The predicted octanol–water partition coefficient (Wildman–Crippen LogP) is 3.37. The Morgan fingerprint density at radius 2 is 1.53 bits per heavy atom. The molecule has 8 heteroatoms. The Kier molecular flexibility index (Phi) is 5.22. The average Bonchev–Trinajstić information content (AvgIpc) is 3.04. The molecule has 0 saturated carbocycles. The fraction of sp³-hybridized carbons (Fsp3) is 0.273. The summed E-state index contributed by atoms with van der Waals surface area (Å²) in [5, 5.41) is 11.0. The van der Waals surface area contributed by atoms with Gasteiger partial charge in [0.1, 0.15) is 11.4 Å². The number of non-ortho nitro benzene ring substituents is 1. The number of imide groups is 1. The van der Waals surface area contributed by atoms with Gasteiger partial charge in [0.25, 0.3) is 17.5 Å². The Morgan fingerprint density at radius 3 is 2.10 bits per heavy atom. The van der Waals surface area contributed by atoms with Crippen molar-refractivity contribution in [1.82, 2.24) is 4.90 Å². The van der Waals surface area contributed by atoms with Gasteiger partial charge in [-0.25, -0.2) is 4.90 Å². The normalized spacial score (nSPS) is 17.0. The second kappa shape index (κ2) is 7.98. The van der Waals surface area contributed by atoms with Gasteiger partial charge in [0.2, 0.25) is 0 Å². The SMILES string of the molecule is COc1ccc(N2C(=O)C(c3ccc([N+](=O)[O-])cc3)=C(N3CCCCC3)C2=O)cc1. The highest BCUT2D eigenvalue weighted by Gasteiger charge is 2.42. The summed E-state index contributed by atoms with van der Waals surface area (Å²) in [7, 11) is 1.55. The van der Waals surface area contributed by atoms with Gasteiger partial charge in [0, 0.05) is 25.2 Å². The maximum absolute atomic E-state index is 13.4.